The number of hydrogen-bond acceptors (Lipinski definition) is 4. The van der Waals surface area contributed by atoms with Gasteiger partial charge in [0.25, 0.3) is 0 Å². The molecule has 0 amide bonds. The Balaban J connectivity index is 0.863. The Morgan fingerprint density at radius 3 is 1.38 bits per heavy atom. The zero-order valence-corrected chi connectivity index (χ0v) is 36.9. The van der Waals surface area contributed by atoms with Crippen LogP contribution in [0.2, 0.25) is 0 Å². The third-order valence-electron chi connectivity index (χ3n) is 13.6. The van der Waals surface area contributed by atoms with Crippen LogP contribution in [0.3, 0.4) is 0 Å². The Hall–Kier alpha value is -8.99. The van der Waals surface area contributed by atoms with Crippen LogP contribution in [0.25, 0.3) is 101 Å². The van der Waals surface area contributed by atoms with E-state index in [1.165, 1.54) is 50.1 Å². The molecule has 10 aromatic carbocycles. The Labute approximate surface area is 394 Å². The molecule has 1 aliphatic carbocycles. The topological polar surface area (TPSA) is 51.8 Å². The fraction of sp³-hybridized carbons (Fsp3) is 0.0156. The minimum Gasteiger partial charge on any atom is -0.456 e. The molecule has 2 aromatic heterocycles. The SMILES string of the molecule is c1ccc(-c2nc(-c3ccccc3)nc(-c3cccc4oc5ccc(-c6ccc(-c7cccc(-c8ccc9c(c8)C(c8ccccc8)(c8ccccc8)c8ccccc8-9)c7)cc6)cc5c34)n2)cc1. The van der Waals surface area contributed by atoms with E-state index in [9.17, 15) is 0 Å². The van der Waals surface area contributed by atoms with Gasteiger partial charge in [0.05, 0.1) is 5.41 Å². The highest BCUT2D eigenvalue weighted by atomic mass is 16.3. The third-order valence-corrected chi connectivity index (χ3v) is 13.6. The number of aromatic nitrogens is 3. The summed E-state index contributed by atoms with van der Waals surface area (Å²) in [7, 11) is 0. The number of nitrogens with zero attached hydrogens (tertiary/aromatic N) is 3. The first-order chi connectivity index (χ1) is 33.7. The van der Waals surface area contributed by atoms with Crippen LogP contribution in [0.15, 0.2) is 253 Å². The molecule has 13 rings (SSSR count). The van der Waals surface area contributed by atoms with Crippen molar-refractivity contribution < 1.29 is 4.42 Å². The Bertz CT molecular complexity index is 3730. The van der Waals surface area contributed by atoms with E-state index in [0.29, 0.717) is 17.5 Å². The molecule has 0 N–H and O–H groups in total. The summed E-state index contributed by atoms with van der Waals surface area (Å²) in [4.78, 5) is 15.1. The van der Waals surface area contributed by atoms with E-state index in [-0.39, 0.29) is 0 Å². The van der Waals surface area contributed by atoms with Gasteiger partial charge in [0.2, 0.25) is 0 Å². The quantitative estimate of drug-likeness (QED) is 0.153. The molecule has 68 heavy (non-hydrogen) atoms. The van der Waals surface area contributed by atoms with Crippen LogP contribution in [0.5, 0.6) is 0 Å². The molecular weight excluding hydrogens is 827 g/mol. The lowest BCUT2D eigenvalue weighted by atomic mass is 9.67. The summed E-state index contributed by atoms with van der Waals surface area (Å²) >= 11 is 0. The zero-order chi connectivity index (χ0) is 45.0. The standard InChI is InChI=1S/C64H41N3O/c1-5-17-44(18-6-1)61-65-62(45-19-7-2-8-20-45)67-63(66-61)54-28-16-30-59-60(54)55-40-48(36-38-58(55)68-59)43-33-31-42(32-34-43)46-21-15-22-47(39-46)49-35-37-53-52-27-13-14-29-56(52)64(57(53)41-49,50-23-9-3-10-24-50)51-25-11-4-12-26-51/h1-41H. The molecule has 0 unspecified atom stereocenters. The summed E-state index contributed by atoms with van der Waals surface area (Å²) in [6, 6.07) is 88.5. The van der Waals surface area contributed by atoms with E-state index >= 15 is 0 Å². The summed E-state index contributed by atoms with van der Waals surface area (Å²) in [5, 5.41) is 1.98. The fourth-order valence-electron chi connectivity index (χ4n) is 10.5. The molecule has 4 heteroatoms. The predicted octanol–water partition coefficient (Wildman–Crippen LogP) is 16.1. The van der Waals surface area contributed by atoms with Gasteiger partial charge in [-0.15, -0.1) is 0 Å². The molecule has 0 atom stereocenters. The highest BCUT2D eigenvalue weighted by Gasteiger charge is 2.46. The fourth-order valence-corrected chi connectivity index (χ4v) is 10.5. The van der Waals surface area contributed by atoms with Crippen LogP contribution in [-0.4, -0.2) is 15.0 Å². The molecule has 2 heterocycles. The lowest BCUT2D eigenvalue weighted by Gasteiger charge is -2.34. The maximum absolute atomic E-state index is 6.49. The molecule has 0 fully saturated rings. The highest BCUT2D eigenvalue weighted by Crippen LogP contribution is 2.56. The molecule has 0 bridgehead atoms. The second-order valence-electron chi connectivity index (χ2n) is 17.5. The van der Waals surface area contributed by atoms with Crippen molar-refractivity contribution in [1.82, 2.24) is 15.0 Å². The summed E-state index contributed by atoms with van der Waals surface area (Å²) in [6.45, 7) is 0. The molecular formula is C64H41N3O. The molecule has 0 saturated heterocycles. The van der Waals surface area contributed by atoms with E-state index in [1.54, 1.807) is 0 Å². The van der Waals surface area contributed by atoms with E-state index in [2.05, 4.69) is 176 Å². The normalized spacial score (nSPS) is 12.5. The van der Waals surface area contributed by atoms with Crippen molar-refractivity contribution in [2.24, 2.45) is 0 Å². The average Bonchev–Trinajstić information content (AvgIpc) is 3.95. The molecule has 0 aliphatic heterocycles. The number of furan rings is 1. The van der Waals surface area contributed by atoms with Crippen LogP contribution in [0.1, 0.15) is 22.3 Å². The molecule has 12 aromatic rings. The first kappa shape index (κ1) is 39.4. The van der Waals surface area contributed by atoms with Gasteiger partial charge in [-0.3, -0.25) is 0 Å². The van der Waals surface area contributed by atoms with Crippen molar-refractivity contribution in [2.75, 3.05) is 0 Å². The molecule has 0 saturated carbocycles. The smallest absolute Gasteiger partial charge is 0.164 e. The van der Waals surface area contributed by atoms with Crippen molar-refractivity contribution in [3.8, 4) is 78.7 Å². The minimum atomic E-state index is -0.449. The molecule has 0 radical (unpaired) electrons. The monoisotopic (exact) mass is 867 g/mol. The second-order valence-corrected chi connectivity index (χ2v) is 17.5. The second kappa shape index (κ2) is 16.2. The van der Waals surface area contributed by atoms with Crippen LogP contribution in [-0.2, 0) is 5.41 Å². The minimum absolute atomic E-state index is 0.449. The van der Waals surface area contributed by atoms with E-state index in [1.807, 2.05) is 72.8 Å². The highest BCUT2D eigenvalue weighted by molar-refractivity contribution is 6.12. The number of benzene rings is 10. The lowest BCUT2D eigenvalue weighted by molar-refractivity contribution is 0.669. The largest absolute Gasteiger partial charge is 0.456 e. The third kappa shape index (κ3) is 6.49. The van der Waals surface area contributed by atoms with Crippen molar-refractivity contribution in [3.05, 3.63) is 271 Å². The van der Waals surface area contributed by atoms with Gasteiger partial charge < -0.3 is 4.42 Å². The maximum atomic E-state index is 6.49. The Kier molecular flexibility index (Phi) is 9.36. The van der Waals surface area contributed by atoms with Gasteiger partial charge in [-0.1, -0.05) is 218 Å². The summed E-state index contributed by atoms with van der Waals surface area (Å²) in [5.41, 5.74) is 18.5. The number of fused-ring (bicyclic) bond motifs is 6. The van der Waals surface area contributed by atoms with E-state index in [0.717, 1.165) is 55.3 Å². The van der Waals surface area contributed by atoms with Crippen LogP contribution in [0.4, 0.5) is 0 Å². The van der Waals surface area contributed by atoms with E-state index < -0.39 is 5.41 Å². The first-order valence-corrected chi connectivity index (χ1v) is 23.1. The number of hydrogen-bond donors (Lipinski definition) is 0. The van der Waals surface area contributed by atoms with Crippen molar-refractivity contribution in [1.29, 1.82) is 0 Å². The van der Waals surface area contributed by atoms with Gasteiger partial charge in [-0.05, 0) is 97.1 Å². The van der Waals surface area contributed by atoms with Crippen molar-refractivity contribution in [3.63, 3.8) is 0 Å². The van der Waals surface area contributed by atoms with Gasteiger partial charge >= 0.3 is 0 Å². The summed E-state index contributed by atoms with van der Waals surface area (Å²) in [5.74, 6) is 1.84. The van der Waals surface area contributed by atoms with Crippen LogP contribution in [0, 0.1) is 0 Å². The number of rotatable bonds is 8. The average molecular weight is 868 g/mol. The van der Waals surface area contributed by atoms with Gasteiger partial charge in [-0.2, -0.15) is 0 Å². The van der Waals surface area contributed by atoms with Crippen molar-refractivity contribution in [2.45, 2.75) is 5.41 Å². The van der Waals surface area contributed by atoms with Gasteiger partial charge in [-0.25, -0.2) is 15.0 Å². The molecule has 1 aliphatic rings. The lowest BCUT2D eigenvalue weighted by Crippen LogP contribution is -2.28. The molecule has 0 spiro atoms. The molecule has 4 nitrogen and oxygen atoms in total. The Morgan fingerprint density at radius 2 is 0.735 bits per heavy atom. The summed E-state index contributed by atoms with van der Waals surface area (Å²) < 4.78 is 6.49. The Morgan fingerprint density at radius 1 is 0.279 bits per heavy atom. The van der Waals surface area contributed by atoms with Crippen LogP contribution < -0.4 is 0 Å². The van der Waals surface area contributed by atoms with E-state index in [4.69, 9.17) is 19.4 Å². The maximum Gasteiger partial charge on any atom is 0.164 e. The zero-order valence-electron chi connectivity index (χ0n) is 36.9. The van der Waals surface area contributed by atoms with Gasteiger partial charge in [0.15, 0.2) is 17.5 Å². The van der Waals surface area contributed by atoms with Gasteiger partial charge in [0.1, 0.15) is 11.2 Å². The summed E-state index contributed by atoms with van der Waals surface area (Å²) in [6.07, 6.45) is 0. The van der Waals surface area contributed by atoms with Crippen LogP contribution >= 0.6 is 0 Å². The molecule has 318 valence electrons. The predicted molar refractivity (Wildman–Crippen MR) is 277 cm³/mol. The first-order valence-electron chi connectivity index (χ1n) is 23.1. The van der Waals surface area contributed by atoms with Gasteiger partial charge in [0, 0.05) is 27.5 Å². The van der Waals surface area contributed by atoms with Crippen molar-refractivity contribution >= 4 is 21.9 Å².